The molecule has 1 N–H and O–H groups in total. The van der Waals surface area contributed by atoms with Crippen molar-refractivity contribution in [2.75, 3.05) is 5.75 Å². The van der Waals surface area contributed by atoms with Crippen molar-refractivity contribution in [2.24, 2.45) is 0 Å². The number of nitrogens with zero attached hydrogens (tertiary/aromatic N) is 2. The first-order chi connectivity index (χ1) is 8.36. The predicted octanol–water partition coefficient (Wildman–Crippen LogP) is 1.64. The van der Waals surface area contributed by atoms with E-state index in [2.05, 4.69) is 4.98 Å². The minimum atomic E-state index is -2.82. The minimum absolute atomic E-state index is 0.152. The van der Waals surface area contributed by atoms with Gasteiger partial charge in [-0.15, -0.1) is 0 Å². The molecule has 0 fully saturated rings. The van der Waals surface area contributed by atoms with E-state index >= 15 is 0 Å². The van der Waals surface area contributed by atoms with E-state index in [1.165, 1.54) is 5.37 Å². The van der Waals surface area contributed by atoms with Crippen molar-refractivity contribution in [1.29, 1.82) is 0 Å². The molecule has 2 unspecified atom stereocenters. The fraction of sp³-hybridized carbons (Fsp3) is 0.400. The number of pyridine rings is 1. The van der Waals surface area contributed by atoms with E-state index in [4.69, 9.17) is 11.6 Å². The Morgan fingerprint density at radius 1 is 1.67 bits per heavy atom. The molecule has 0 amide bonds. The predicted molar refractivity (Wildman–Crippen MR) is 72.5 cm³/mol. The lowest BCUT2D eigenvalue weighted by atomic mass is 10.1. The number of hydrazine groups is 1. The molecular formula is C10H14ClN3O3S. The number of halogens is 1. The molecule has 0 aliphatic carbocycles. The Kier molecular flexibility index (Phi) is 4.92. The van der Waals surface area contributed by atoms with Gasteiger partial charge in [0.2, 0.25) is 0 Å². The van der Waals surface area contributed by atoms with Crippen LogP contribution in [0, 0.1) is 10.1 Å². The largest absolute Gasteiger partial charge is 0.244 e. The highest BCUT2D eigenvalue weighted by atomic mass is 35.5. The normalized spacial score (nSPS) is 15.5. The fourth-order valence-electron chi connectivity index (χ4n) is 1.38. The Morgan fingerprint density at radius 3 is 2.78 bits per heavy atom. The molecule has 0 radical (unpaired) electrons. The molecule has 0 aliphatic rings. The van der Waals surface area contributed by atoms with Crippen LogP contribution in [-0.2, 0) is 9.71 Å². The molecule has 0 bridgehead atoms. The third kappa shape index (κ3) is 4.15. The molecular weight excluding hydrogens is 278 g/mol. The van der Waals surface area contributed by atoms with Crippen LogP contribution in [-0.4, -0.2) is 25.3 Å². The molecule has 0 saturated carbocycles. The third-order valence-corrected chi connectivity index (χ3v) is 4.75. The van der Waals surface area contributed by atoms with E-state index in [0.29, 0.717) is 5.15 Å². The molecule has 8 heteroatoms. The number of rotatable bonds is 5. The summed E-state index contributed by atoms with van der Waals surface area (Å²) in [4.78, 5) is 16.2. The Hall–Kier alpha value is -1.34. The van der Waals surface area contributed by atoms with E-state index in [1.54, 1.807) is 32.2 Å². The molecule has 18 heavy (non-hydrogen) atoms. The van der Waals surface area contributed by atoms with E-state index in [0.717, 1.165) is 5.56 Å². The van der Waals surface area contributed by atoms with Crippen LogP contribution in [0.3, 0.4) is 0 Å². The highest BCUT2D eigenvalue weighted by molar-refractivity contribution is 7.99. The molecule has 1 aromatic rings. The van der Waals surface area contributed by atoms with E-state index in [1.807, 2.05) is 4.83 Å². The van der Waals surface area contributed by atoms with Gasteiger partial charge < -0.3 is 0 Å². The molecule has 0 aromatic carbocycles. The van der Waals surface area contributed by atoms with Crippen molar-refractivity contribution in [3.63, 3.8) is 0 Å². The van der Waals surface area contributed by atoms with Gasteiger partial charge in [-0.1, -0.05) is 36.3 Å². The maximum atomic E-state index is 12.2. The van der Waals surface area contributed by atoms with Gasteiger partial charge in [0.1, 0.15) is 14.9 Å². The van der Waals surface area contributed by atoms with Crippen molar-refractivity contribution in [1.82, 2.24) is 9.82 Å². The standard InChI is InChI=1S/C10H14ClN3O3S/c1-3-18(17,13-14(15)16)7-8(2)9-4-5-10(11)12-6-9/h4-8H,3H2,1-2H3,(H,13,17). The second-order valence-electron chi connectivity index (χ2n) is 3.70. The lowest BCUT2D eigenvalue weighted by molar-refractivity contribution is -0.518. The van der Waals surface area contributed by atoms with Crippen LogP contribution >= 0.6 is 11.6 Å². The molecule has 1 aromatic heterocycles. The second kappa shape index (κ2) is 6.01. The highest BCUT2D eigenvalue weighted by Crippen LogP contribution is 2.14. The summed E-state index contributed by atoms with van der Waals surface area (Å²) in [6.45, 7) is 3.42. The van der Waals surface area contributed by atoms with Crippen molar-refractivity contribution in [3.8, 4) is 0 Å². The highest BCUT2D eigenvalue weighted by Gasteiger charge is 2.13. The Balaban J connectivity index is 3.02. The molecule has 0 spiro atoms. The van der Waals surface area contributed by atoms with Crippen molar-refractivity contribution in [2.45, 2.75) is 19.8 Å². The zero-order valence-electron chi connectivity index (χ0n) is 10.00. The Labute approximate surface area is 111 Å². The summed E-state index contributed by atoms with van der Waals surface area (Å²) >= 11 is 5.67. The molecule has 1 heterocycles. The monoisotopic (exact) mass is 291 g/mol. The first-order valence-corrected chi connectivity index (χ1v) is 7.43. The molecule has 0 aliphatic heterocycles. The van der Waals surface area contributed by atoms with Crippen LogP contribution < -0.4 is 4.83 Å². The number of nitrogens with one attached hydrogen (secondary N) is 1. The summed E-state index contributed by atoms with van der Waals surface area (Å²) in [6.07, 6.45) is 1.56. The number of nitro groups is 1. The van der Waals surface area contributed by atoms with Gasteiger partial charge in [0.05, 0.1) is 0 Å². The molecule has 0 saturated heterocycles. The summed E-state index contributed by atoms with van der Waals surface area (Å²) in [6, 6.07) is 3.37. The lowest BCUT2D eigenvalue weighted by Crippen LogP contribution is -2.33. The van der Waals surface area contributed by atoms with Gasteiger partial charge >= 0.3 is 0 Å². The zero-order chi connectivity index (χ0) is 13.8. The van der Waals surface area contributed by atoms with Gasteiger partial charge in [0.25, 0.3) is 0 Å². The van der Waals surface area contributed by atoms with E-state index < -0.39 is 14.7 Å². The van der Waals surface area contributed by atoms with Crippen LogP contribution in [0.2, 0.25) is 5.15 Å². The lowest BCUT2D eigenvalue weighted by Gasteiger charge is -2.10. The average Bonchev–Trinajstić information content (AvgIpc) is 2.28. The number of hydrogen-bond acceptors (Lipinski definition) is 4. The van der Waals surface area contributed by atoms with Crippen molar-refractivity contribution in [3.05, 3.63) is 39.2 Å². The summed E-state index contributed by atoms with van der Waals surface area (Å²) in [5.41, 5.74) is 0.797. The first kappa shape index (κ1) is 14.7. The van der Waals surface area contributed by atoms with Gasteiger partial charge in [0.15, 0.2) is 5.03 Å². The summed E-state index contributed by atoms with van der Waals surface area (Å²) in [5, 5.41) is 11.4. The Morgan fingerprint density at radius 2 is 2.33 bits per heavy atom. The molecule has 6 nitrogen and oxygen atoms in total. The van der Waals surface area contributed by atoms with Crippen molar-refractivity contribution >= 4 is 26.7 Å². The van der Waals surface area contributed by atoms with Crippen LogP contribution in [0.5, 0.6) is 0 Å². The smallest absolute Gasteiger partial charge is 0.170 e. The van der Waals surface area contributed by atoms with Crippen LogP contribution in [0.25, 0.3) is 0 Å². The Bertz CT molecular complexity index is 538. The second-order valence-corrected chi connectivity index (χ2v) is 6.57. The quantitative estimate of drug-likeness (QED) is 0.387. The summed E-state index contributed by atoms with van der Waals surface area (Å²) in [5.74, 6) is -0.0750. The van der Waals surface area contributed by atoms with Gasteiger partial charge in [0, 0.05) is 17.9 Å². The van der Waals surface area contributed by atoms with Gasteiger partial charge in [-0.25, -0.2) is 19.3 Å². The van der Waals surface area contributed by atoms with E-state index in [9.17, 15) is 14.3 Å². The topological polar surface area (TPSA) is 85.1 Å². The van der Waals surface area contributed by atoms with Crippen LogP contribution in [0.1, 0.15) is 25.3 Å². The minimum Gasteiger partial charge on any atom is -0.244 e. The summed E-state index contributed by atoms with van der Waals surface area (Å²) in [7, 11) is -2.82. The van der Waals surface area contributed by atoms with Crippen LogP contribution in [0.15, 0.2) is 18.3 Å². The molecule has 100 valence electrons. The molecule has 2 atom stereocenters. The summed E-state index contributed by atoms with van der Waals surface area (Å²) < 4.78 is 12.2. The van der Waals surface area contributed by atoms with E-state index in [-0.39, 0.29) is 11.7 Å². The zero-order valence-corrected chi connectivity index (χ0v) is 11.6. The van der Waals surface area contributed by atoms with Gasteiger partial charge in [-0.05, 0) is 17.0 Å². The first-order valence-electron chi connectivity index (χ1n) is 5.26. The molecule has 1 rings (SSSR count). The maximum Gasteiger partial charge on any atom is 0.170 e. The number of hydrogen-bond donors (Lipinski definition) is 1. The number of aromatic nitrogens is 1. The van der Waals surface area contributed by atoms with Crippen LogP contribution in [0.4, 0.5) is 0 Å². The maximum absolute atomic E-state index is 12.2. The van der Waals surface area contributed by atoms with Gasteiger partial charge in [-0.2, -0.15) is 0 Å². The third-order valence-electron chi connectivity index (χ3n) is 2.36. The average molecular weight is 292 g/mol. The fourth-order valence-corrected chi connectivity index (χ4v) is 2.95. The SMILES string of the molecule is CCS(=O)(=CC(C)c1ccc(Cl)nc1)N[N+](=O)[O-]. The van der Waals surface area contributed by atoms with Crippen molar-refractivity contribution < 1.29 is 9.24 Å². The van der Waals surface area contributed by atoms with Gasteiger partial charge in [-0.3, -0.25) is 0 Å².